The Morgan fingerprint density at radius 1 is 1.09 bits per heavy atom. The molecule has 5 rings (SSSR count). The van der Waals surface area contributed by atoms with Gasteiger partial charge in [0.1, 0.15) is 16.8 Å². The van der Waals surface area contributed by atoms with Crippen LogP contribution in [0.15, 0.2) is 53.6 Å². The number of nitrogens with zero attached hydrogens (tertiary/aromatic N) is 4. The molecule has 0 spiro atoms. The average Bonchev–Trinajstić information content (AvgIpc) is 2.86. The number of aromatic hydroxyl groups is 1. The zero-order valence-corrected chi connectivity index (χ0v) is 20.0. The van der Waals surface area contributed by atoms with Crippen molar-refractivity contribution in [3.8, 4) is 5.75 Å². The highest BCUT2D eigenvalue weighted by atomic mass is 35.5. The van der Waals surface area contributed by atoms with Crippen molar-refractivity contribution in [2.45, 2.75) is 13.5 Å². The van der Waals surface area contributed by atoms with Gasteiger partial charge in [0.25, 0.3) is 5.91 Å². The molecule has 9 heteroatoms. The first-order chi connectivity index (χ1) is 16.4. The minimum absolute atomic E-state index is 0.0838. The molecule has 0 bridgehead atoms. The lowest BCUT2D eigenvalue weighted by atomic mass is 10.0. The van der Waals surface area contributed by atoms with Crippen molar-refractivity contribution in [1.29, 1.82) is 0 Å². The maximum Gasteiger partial charge on any atom is 0.259 e. The molecule has 2 aromatic heterocycles. The Bertz CT molecular complexity index is 1490. The summed E-state index contributed by atoms with van der Waals surface area (Å²) in [5.41, 5.74) is 1.60. The summed E-state index contributed by atoms with van der Waals surface area (Å²) in [6, 6.07) is 10.5. The van der Waals surface area contributed by atoms with Crippen molar-refractivity contribution in [2.75, 3.05) is 31.1 Å². The fraction of sp³-hybridized carbons (Fsp3) is 0.240. The number of hydrogen-bond acceptors (Lipinski definition) is 5. The first-order valence-electron chi connectivity index (χ1n) is 11.0. The highest BCUT2D eigenvalue weighted by Gasteiger charge is 2.27. The molecule has 1 fully saturated rings. The van der Waals surface area contributed by atoms with Gasteiger partial charge < -0.3 is 19.5 Å². The van der Waals surface area contributed by atoms with Crippen LogP contribution in [-0.4, -0.2) is 51.6 Å². The SMILES string of the molecule is CCn1cc(C(=O)N2CCN(c3cccc(Cl)c3Cl)CC2)c(=O)c2cc(O)c3ncccc3c21. The summed E-state index contributed by atoms with van der Waals surface area (Å²) < 4.78 is 1.87. The highest BCUT2D eigenvalue weighted by Crippen LogP contribution is 2.33. The van der Waals surface area contributed by atoms with Gasteiger partial charge in [0.15, 0.2) is 0 Å². The van der Waals surface area contributed by atoms with Gasteiger partial charge in [0.2, 0.25) is 5.43 Å². The maximum atomic E-state index is 13.4. The molecule has 0 unspecified atom stereocenters. The van der Waals surface area contributed by atoms with Crippen LogP contribution in [0.4, 0.5) is 5.69 Å². The number of amides is 1. The smallest absolute Gasteiger partial charge is 0.259 e. The van der Waals surface area contributed by atoms with E-state index in [1.807, 2.05) is 29.7 Å². The molecule has 0 aliphatic carbocycles. The molecule has 1 amide bonds. The highest BCUT2D eigenvalue weighted by molar-refractivity contribution is 6.43. The van der Waals surface area contributed by atoms with E-state index in [9.17, 15) is 14.7 Å². The van der Waals surface area contributed by atoms with Crippen LogP contribution in [0.3, 0.4) is 0 Å². The summed E-state index contributed by atoms with van der Waals surface area (Å²) in [4.78, 5) is 34.8. The fourth-order valence-electron chi connectivity index (χ4n) is 4.58. The van der Waals surface area contributed by atoms with Gasteiger partial charge in [-0.25, -0.2) is 0 Å². The third kappa shape index (κ3) is 3.65. The van der Waals surface area contributed by atoms with Crippen molar-refractivity contribution < 1.29 is 9.90 Å². The number of carbonyl (C=O) groups excluding carboxylic acids is 1. The Hall–Kier alpha value is -3.29. The third-order valence-corrected chi connectivity index (χ3v) is 7.12. The van der Waals surface area contributed by atoms with Crippen LogP contribution in [0.5, 0.6) is 5.75 Å². The molecule has 4 aromatic rings. The molecule has 0 radical (unpaired) electrons. The van der Waals surface area contributed by atoms with E-state index < -0.39 is 5.43 Å². The van der Waals surface area contributed by atoms with Crippen LogP contribution >= 0.6 is 23.2 Å². The van der Waals surface area contributed by atoms with Gasteiger partial charge in [-0.1, -0.05) is 29.3 Å². The second-order valence-corrected chi connectivity index (χ2v) is 8.99. The van der Waals surface area contributed by atoms with Crippen molar-refractivity contribution in [3.05, 3.63) is 74.6 Å². The molecule has 1 aliphatic rings. The summed E-state index contributed by atoms with van der Waals surface area (Å²) in [6.45, 7) is 4.51. The van der Waals surface area contributed by atoms with Gasteiger partial charge in [-0.3, -0.25) is 14.6 Å². The zero-order chi connectivity index (χ0) is 24.0. The molecule has 0 saturated carbocycles. The Labute approximate surface area is 205 Å². The Balaban J connectivity index is 1.50. The normalized spacial score (nSPS) is 14.2. The van der Waals surface area contributed by atoms with E-state index in [-0.39, 0.29) is 17.2 Å². The molecule has 3 heterocycles. The molecule has 7 nitrogen and oxygen atoms in total. The molecule has 1 aliphatic heterocycles. The van der Waals surface area contributed by atoms with Gasteiger partial charge in [-0.05, 0) is 37.3 Å². The molecule has 34 heavy (non-hydrogen) atoms. The molecule has 2 aromatic carbocycles. The largest absolute Gasteiger partial charge is 0.506 e. The minimum Gasteiger partial charge on any atom is -0.506 e. The summed E-state index contributed by atoms with van der Waals surface area (Å²) in [7, 11) is 0. The average molecular weight is 497 g/mol. The van der Waals surface area contributed by atoms with Crippen LogP contribution in [0.25, 0.3) is 21.8 Å². The van der Waals surface area contributed by atoms with Crippen molar-refractivity contribution >= 4 is 56.6 Å². The van der Waals surface area contributed by atoms with Crippen molar-refractivity contribution in [1.82, 2.24) is 14.5 Å². The first kappa shape index (κ1) is 22.5. The number of fused-ring (bicyclic) bond motifs is 3. The lowest BCUT2D eigenvalue weighted by molar-refractivity contribution is 0.0745. The van der Waals surface area contributed by atoms with Crippen LogP contribution in [0.1, 0.15) is 17.3 Å². The van der Waals surface area contributed by atoms with Gasteiger partial charge in [-0.2, -0.15) is 0 Å². The number of carbonyl (C=O) groups is 1. The van der Waals surface area contributed by atoms with Crippen molar-refractivity contribution in [3.63, 3.8) is 0 Å². The number of halogens is 2. The van der Waals surface area contributed by atoms with E-state index in [1.54, 1.807) is 29.4 Å². The number of benzene rings is 2. The molecule has 0 atom stereocenters. The van der Waals surface area contributed by atoms with Crippen molar-refractivity contribution in [2.24, 2.45) is 0 Å². The number of piperazine rings is 1. The van der Waals surface area contributed by atoms with E-state index >= 15 is 0 Å². The topological polar surface area (TPSA) is 78.7 Å². The standard InChI is InChI=1S/C25H22Cl2N4O3/c1-2-29-14-17(24(33)16-13-20(32)22-15(23(16)29)5-4-8-28-22)25(34)31-11-9-30(10-12-31)19-7-3-6-18(26)21(19)27/h3-8,13-14,32H,2,9-12H2,1H3. The number of hydrogen-bond donors (Lipinski definition) is 1. The van der Waals surface area contributed by atoms with Crippen LogP contribution in [0.2, 0.25) is 10.0 Å². The van der Waals surface area contributed by atoms with E-state index in [2.05, 4.69) is 9.88 Å². The number of phenols is 1. The Morgan fingerprint density at radius 2 is 1.85 bits per heavy atom. The molecular formula is C25H22Cl2N4O3. The summed E-state index contributed by atoms with van der Waals surface area (Å²) in [5.74, 6) is -0.406. The second kappa shape index (κ2) is 8.81. The lowest BCUT2D eigenvalue weighted by Gasteiger charge is -2.36. The van der Waals surface area contributed by atoms with Crippen LogP contribution in [0, 0.1) is 0 Å². The van der Waals surface area contributed by atoms with E-state index in [1.165, 1.54) is 6.07 Å². The first-order valence-corrected chi connectivity index (χ1v) is 11.8. The van der Waals surface area contributed by atoms with E-state index in [0.29, 0.717) is 64.6 Å². The predicted molar refractivity (Wildman–Crippen MR) is 135 cm³/mol. The molecule has 1 saturated heterocycles. The Kier molecular flexibility index (Phi) is 5.83. The van der Waals surface area contributed by atoms with Gasteiger partial charge in [0.05, 0.1) is 26.6 Å². The number of aryl methyl sites for hydroxylation is 1. The van der Waals surface area contributed by atoms with E-state index in [4.69, 9.17) is 23.2 Å². The third-order valence-electron chi connectivity index (χ3n) is 6.31. The maximum absolute atomic E-state index is 13.4. The molecule has 1 N–H and O–H groups in total. The number of phenolic OH excluding ortho intramolecular Hbond substituents is 1. The summed E-state index contributed by atoms with van der Waals surface area (Å²) >= 11 is 12.5. The Morgan fingerprint density at radius 3 is 2.59 bits per heavy atom. The lowest BCUT2D eigenvalue weighted by Crippen LogP contribution is -2.49. The quantitative estimate of drug-likeness (QED) is 0.421. The second-order valence-electron chi connectivity index (χ2n) is 8.20. The number of pyridine rings is 2. The van der Waals surface area contributed by atoms with Gasteiger partial charge >= 0.3 is 0 Å². The number of anilines is 1. The van der Waals surface area contributed by atoms with Crippen LogP contribution in [-0.2, 0) is 6.54 Å². The van der Waals surface area contributed by atoms with E-state index in [0.717, 1.165) is 5.69 Å². The fourth-order valence-corrected chi connectivity index (χ4v) is 5.00. The number of rotatable bonds is 3. The predicted octanol–water partition coefficient (Wildman–Crippen LogP) is 4.54. The molecule has 174 valence electrons. The monoisotopic (exact) mass is 496 g/mol. The summed E-state index contributed by atoms with van der Waals surface area (Å²) in [5, 5.41) is 12.4. The van der Waals surface area contributed by atoms with Gasteiger partial charge in [-0.15, -0.1) is 0 Å². The zero-order valence-electron chi connectivity index (χ0n) is 18.5. The molecular weight excluding hydrogens is 475 g/mol. The number of aromatic nitrogens is 2. The van der Waals surface area contributed by atoms with Crippen LogP contribution < -0.4 is 10.3 Å². The van der Waals surface area contributed by atoms with Gasteiger partial charge in [0, 0.05) is 50.5 Å². The summed E-state index contributed by atoms with van der Waals surface area (Å²) in [6.07, 6.45) is 3.22. The minimum atomic E-state index is -0.397.